The van der Waals surface area contributed by atoms with Gasteiger partial charge in [0.1, 0.15) is 23.1 Å². The molecule has 2 rings (SSSR count). The molecular formula is C13H16BrN3O. The molecule has 0 saturated heterocycles. The highest BCUT2D eigenvalue weighted by atomic mass is 79.9. The monoisotopic (exact) mass is 309 g/mol. The Hall–Kier alpha value is -1.49. The molecule has 2 N–H and O–H groups in total. The third-order valence-electron chi connectivity index (χ3n) is 2.96. The van der Waals surface area contributed by atoms with E-state index in [9.17, 15) is 0 Å². The molecule has 1 aromatic carbocycles. The average molecular weight is 310 g/mol. The lowest BCUT2D eigenvalue weighted by Crippen LogP contribution is -2.00. The number of methoxy groups -OCH3 is 1. The molecule has 1 heterocycles. The maximum atomic E-state index is 6.11. The molecule has 0 aliphatic heterocycles. The molecule has 0 amide bonds. The minimum absolute atomic E-state index is 0.656. The van der Waals surface area contributed by atoms with Gasteiger partial charge < -0.3 is 15.0 Å². The van der Waals surface area contributed by atoms with E-state index in [0.29, 0.717) is 5.82 Å². The van der Waals surface area contributed by atoms with Crippen LogP contribution in [0, 0.1) is 0 Å². The van der Waals surface area contributed by atoms with Crippen LogP contribution in [0.3, 0.4) is 0 Å². The van der Waals surface area contributed by atoms with Crippen molar-refractivity contribution in [1.82, 2.24) is 9.55 Å². The maximum absolute atomic E-state index is 6.11. The Kier molecular flexibility index (Phi) is 3.61. The zero-order chi connectivity index (χ0) is 13.3. The lowest BCUT2D eigenvalue weighted by Gasteiger charge is -2.07. The van der Waals surface area contributed by atoms with E-state index in [0.717, 1.165) is 33.7 Å². The molecule has 96 valence electrons. The third kappa shape index (κ3) is 2.10. The van der Waals surface area contributed by atoms with E-state index < -0.39 is 0 Å². The molecule has 0 radical (unpaired) electrons. The minimum Gasteiger partial charge on any atom is -0.496 e. The SMILES string of the molecule is CCc1nc(-c2cc(Br)ccc2OC)c(N)n1C. The van der Waals surface area contributed by atoms with Crippen LogP contribution < -0.4 is 10.5 Å². The van der Waals surface area contributed by atoms with Crippen LogP contribution in [0.15, 0.2) is 22.7 Å². The fraction of sp³-hybridized carbons (Fsp3) is 0.308. The van der Waals surface area contributed by atoms with Gasteiger partial charge in [0.2, 0.25) is 0 Å². The van der Waals surface area contributed by atoms with Crippen LogP contribution in [-0.4, -0.2) is 16.7 Å². The van der Waals surface area contributed by atoms with Crippen molar-refractivity contribution < 1.29 is 4.74 Å². The molecule has 0 unspecified atom stereocenters. The molecule has 0 fully saturated rings. The van der Waals surface area contributed by atoms with E-state index in [-0.39, 0.29) is 0 Å². The molecule has 5 heteroatoms. The maximum Gasteiger partial charge on any atom is 0.131 e. The van der Waals surface area contributed by atoms with Crippen molar-refractivity contribution in [3.05, 3.63) is 28.5 Å². The number of imidazole rings is 1. The molecule has 0 aliphatic rings. The number of benzene rings is 1. The molecule has 0 saturated carbocycles. The van der Waals surface area contributed by atoms with Crippen LogP contribution in [0.5, 0.6) is 5.75 Å². The van der Waals surface area contributed by atoms with Gasteiger partial charge in [-0.05, 0) is 18.2 Å². The van der Waals surface area contributed by atoms with Crippen molar-refractivity contribution in [2.75, 3.05) is 12.8 Å². The van der Waals surface area contributed by atoms with Crippen molar-refractivity contribution >= 4 is 21.7 Å². The van der Waals surface area contributed by atoms with E-state index in [2.05, 4.69) is 27.8 Å². The zero-order valence-corrected chi connectivity index (χ0v) is 12.3. The summed E-state index contributed by atoms with van der Waals surface area (Å²) in [7, 11) is 3.57. The fourth-order valence-electron chi connectivity index (χ4n) is 1.94. The van der Waals surface area contributed by atoms with Gasteiger partial charge >= 0.3 is 0 Å². The summed E-state index contributed by atoms with van der Waals surface area (Å²) in [6.45, 7) is 2.06. The molecular weight excluding hydrogens is 294 g/mol. The number of anilines is 1. The van der Waals surface area contributed by atoms with E-state index >= 15 is 0 Å². The Labute approximate surface area is 115 Å². The highest BCUT2D eigenvalue weighted by molar-refractivity contribution is 9.10. The number of halogens is 1. The topological polar surface area (TPSA) is 53.1 Å². The first kappa shape index (κ1) is 13.0. The highest BCUT2D eigenvalue weighted by Gasteiger charge is 2.16. The third-order valence-corrected chi connectivity index (χ3v) is 3.46. The van der Waals surface area contributed by atoms with Gasteiger partial charge in [0.05, 0.1) is 7.11 Å². The van der Waals surface area contributed by atoms with E-state index in [1.54, 1.807) is 7.11 Å². The molecule has 18 heavy (non-hydrogen) atoms. The van der Waals surface area contributed by atoms with E-state index in [1.165, 1.54) is 0 Å². The second-order valence-corrected chi connectivity index (χ2v) is 4.93. The Bertz CT molecular complexity index is 578. The lowest BCUT2D eigenvalue weighted by atomic mass is 10.1. The number of ether oxygens (including phenoxy) is 1. The summed E-state index contributed by atoms with van der Waals surface area (Å²) in [6.07, 6.45) is 0.844. The van der Waals surface area contributed by atoms with Crippen molar-refractivity contribution in [3.8, 4) is 17.0 Å². The van der Waals surface area contributed by atoms with Crippen LogP contribution >= 0.6 is 15.9 Å². The summed E-state index contributed by atoms with van der Waals surface area (Å²) in [6, 6.07) is 5.80. The predicted molar refractivity (Wildman–Crippen MR) is 76.7 cm³/mol. The molecule has 2 aromatic rings. The van der Waals surface area contributed by atoms with Crippen molar-refractivity contribution in [2.45, 2.75) is 13.3 Å². The summed E-state index contributed by atoms with van der Waals surface area (Å²) >= 11 is 3.46. The van der Waals surface area contributed by atoms with Crippen molar-refractivity contribution in [1.29, 1.82) is 0 Å². The number of nitrogens with zero attached hydrogens (tertiary/aromatic N) is 2. The lowest BCUT2D eigenvalue weighted by molar-refractivity contribution is 0.416. The fourth-order valence-corrected chi connectivity index (χ4v) is 2.30. The molecule has 0 atom stereocenters. The molecule has 1 aromatic heterocycles. The summed E-state index contributed by atoms with van der Waals surface area (Å²) in [5.74, 6) is 2.39. The van der Waals surface area contributed by atoms with Gasteiger partial charge in [0, 0.05) is 23.5 Å². The number of nitrogens with two attached hydrogens (primary N) is 1. The number of hydrogen-bond donors (Lipinski definition) is 1. The standard InChI is InChI=1S/C13H16BrN3O/c1-4-11-16-12(13(15)17(11)2)9-7-8(14)5-6-10(9)18-3/h5-7H,4,15H2,1-3H3. The summed E-state index contributed by atoms with van der Waals surface area (Å²) in [5.41, 5.74) is 7.79. The number of aryl methyl sites for hydroxylation is 1. The quantitative estimate of drug-likeness (QED) is 0.948. The van der Waals surface area contributed by atoms with Gasteiger partial charge in [-0.15, -0.1) is 0 Å². The van der Waals surface area contributed by atoms with Gasteiger partial charge in [0.25, 0.3) is 0 Å². The van der Waals surface area contributed by atoms with Gasteiger partial charge in [-0.3, -0.25) is 0 Å². The van der Waals surface area contributed by atoms with Gasteiger partial charge in [0.15, 0.2) is 0 Å². The van der Waals surface area contributed by atoms with Crippen LogP contribution in [0.2, 0.25) is 0 Å². The largest absolute Gasteiger partial charge is 0.496 e. The first-order chi connectivity index (χ1) is 8.58. The highest BCUT2D eigenvalue weighted by Crippen LogP contribution is 2.35. The number of aromatic nitrogens is 2. The minimum atomic E-state index is 0.656. The Morgan fingerprint density at radius 1 is 1.44 bits per heavy atom. The second kappa shape index (κ2) is 5.02. The van der Waals surface area contributed by atoms with Crippen molar-refractivity contribution in [3.63, 3.8) is 0 Å². The van der Waals surface area contributed by atoms with Gasteiger partial charge in [-0.2, -0.15) is 0 Å². The summed E-state index contributed by atoms with van der Waals surface area (Å²) in [4.78, 5) is 4.58. The average Bonchev–Trinajstić information content (AvgIpc) is 2.66. The molecule has 4 nitrogen and oxygen atoms in total. The first-order valence-corrected chi connectivity index (χ1v) is 6.52. The van der Waals surface area contributed by atoms with Gasteiger partial charge in [-0.25, -0.2) is 4.98 Å². The second-order valence-electron chi connectivity index (χ2n) is 4.02. The summed E-state index contributed by atoms with van der Waals surface area (Å²) in [5, 5.41) is 0. The molecule has 0 spiro atoms. The molecule has 0 aliphatic carbocycles. The Balaban J connectivity index is 2.64. The van der Waals surface area contributed by atoms with E-state index in [4.69, 9.17) is 10.5 Å². The van der Waals surface area contributed by atoms with Crippen LogP contribution in [0.4, 0.5) is 5.82 Å². The van der Waals surface area contributed by atoms with E-state index in [1.807, 2.05) is 29.8 Å². The van der Waals surface area contributed by atoms with Crippen LogP contribution in [0.1, 0.15) is 12.7 Å². The predicted octanol–water partition coefficient (Wildman–Crippen LogP) is 3.00. The van der Waals surface area contributed by atoms with Crippen LogP contribution in [0.25, 0.3) is 11.3 Å². The summed E-state index contributed by atoms with van der Waals surface area (Å²) < 4.78 is 8.25. The number of nitrogen functional groups attached to an aromatic ring is 1. The Morgan fingerprint density at radius 2 is 2.17 bits per heavy atom. The van der Waals surface area contributed by atoms with Crippen molar-refractivity contribution in [2.24, 2.45) is 7.05 Å². The van der Waals surface area contributed by atoms with Gasteiger partial charge in [-0.1, -0.05) is 22.9 Å². The first-order valence-electron chi connectivity index (χ1n) is 5.73. The smallest absolute Gasteiger partial charge is 0.131 e. The number of rotatable bonds is 3. The normalized spacial score (nSPS) is 10.7. The van der Waals surface area contributed by atoms with Crippen LogP contribution in [-0.2, 0) is 13.5 Å². The Morgan fingerprint density at radius 3 is 2.72 bits per heavy atom. The number of hydrogen-bond acceptors (Lipinski definition) is 3. The molecule has 0 bridgehead atoms. The zero-order valence-electron chi connectivity index (χ0n) is 10.7.